The summed E-state index contributed by atoms with van der Waals surface area (Å²) >= 11 is 0. The zero-order valence-corrected chi connectivity index (χ0v) is 60.8. The van der Waals surface area contributed by atoms with Gasteiger partial charge in [-0.25, -0.2) is 4.18 Å². The third-order valence-corrected chi connectivity index (χ3v) is 20.0. The molecule has 1 aliphatic heterocycles. The van der Waals surface area contributed by atoms with E-state index in [9.17, 15) is 38.2 Å². The number of unbranched alkanes of at least 4 members (excludes halogenated alkanes) is 59. The summed E-state index contributed by atoms with van der Waals surface area (Å²) in [6.07, 6.45) is 78.6. The van der Waals surface area contributed by atoms with Gasteiger partial charge in [-0.05, 0) is 38.5 Å². The first kappa shape index (κ1) is 87.9. The van der Waals surface area contributed by atoms with Gasteiger partial charge in [0, 0.05) is 6.42 Å². The van der Waals surface area contributed by atoms with Gasteiger partial charge in [0.15, 0.2) is 6.29 Å². The van der Waals surface area contributed by atoms with E-state index in [-0.39, 0.29) is 12.5 Å². The lowest BCUT2D eigenvalue weighted by molar-refractivity contribution is -0.298. The van der Waals surface area contributed by atoms with Gasteiger partial charge in [0.25, 0.3) is 0 Å². The van der Waals surface area contributed by atoms with Crippen molar-refractivity contribution in [3.63, 3.8) is 0 Å². The Morgan fingerprint density at radius 3 is 0.989 bits per heavy atom. The molecule has 0 radical (unpaired) electrons. The molecule has 542 valence electrons. The predicted molar refractivity (Wildman–Crippen MR) is 384 cm³/mol. The van der Waals surface area contributed by atoms with Crippen molar-refractivity contribution in [3.8, 4) is 0 Å². The fourth-order valence-corrected chi connectivity index (χ4v) is 14.0. The number of nitrogens with one attached hydrogen (secondary N) is 1. The summed E-state index contributed by atoms with van der Waals surface area (Å²) in [5.74, 6) is -0.219. The number of amides is 1. The van der Waals surface area contributed by atoms with E-state index in [0.717, 1.165) is 51.4 Å². The van der Waals surface area contributed by atoms with E-state index in [1.54, 1.807) is 0 Å². The highest BCUT2D eigenvalue weighted by atomic mass is 32.3. The number of carbonyl (C=O) groups is 1. The van der Waals surface area contributed by atoms with Gasteiger partial charge in [0.2, 0.25) is 5.91 Å². The number of carbonyl (C=O) groups excluding carboxylic acids is 1. The average Bonchev–Trinajstić information content (AvgIpc) is 1.72. The van der Waals surface area contributed by atoms with Crippen LogP contribution in [0.1, 0.15) is 425 Å². The molecule has 0 bridgehead atoms. The van der Waals surface area contributed by atoms with Crippen LogP contribution in [0, 0.1) is 0 Å². The molecule has 0 aliphatic carbocycles. The van der Waals surface area contributed by atoms with Crippen LogP contribution in [0.3, 0.4) is 0 Å². The Hall–Kier alpha value is -1.16. The molecule has 0 saturated carbocycles. The van der Waals surface area contributed by atoms with Crippen molar-refractivity contribution in [1.82, 2.24) is 5.32 Å². The van der Waals surface area contributed by atoms with Crippen LogP contribution in [0.5, 0.6) is 0 Å². The Bertz CT molecular complexity index is 1640. The van der Waals surface area contributed by atoms with Crippen LogP contribution in [0.15, 0.2) is 12.2 Å². The zero-order chi connectivity index (χ0) is 66.0. The highest BCUT2D eigenvalue weighted by Crippen LogP contribution is 2.27. The molecular weight excluding hydrogens is 1160 g/mol. The van der Waals surface area contributed by atoms with Gasteiger partial charge in [0.1, 0.15) is 24.4 Å². The van der Waals surface area contributed by atoms with Crippen LogP contribution >= 0.6 is 0 Å². The van der Waals surface area contributed by atoms with Gasteiger partial charge in [-0.3, -0.25) is 9.35 Å². The van der Waals surface area contributed by atoms with Gasteiger partial charge >= 0.3 is 10.4 Å². The molecule has 1 fully saturated rings. The van der Waals surface area contributed by atoms with Crippen molar-refractivity contribution in [1.29, 1.82) is 0 Å². The molecule has 1 heterocycles. The van der Waals surface area contributed by atoms with Crippen molar-refractivity contribution in [3.05, 3.63) is 12.2 Å². The van der Waals surface area contributed by atoms with E-state index in [4.69, 9.17) is 9.47 Å². The molecule has 7 unspecified atom stereocenters. The Morgan fingerprint density at radius 2 is 0.703 bits per heavy atom. The molecule has 1 rings (SSSR count). The molecule has 0 aromatic heterocycles. The van der Waals surface area contributed by atoms with Gasteiger partial charge < -0.3 is 35.2 Å². The third kappa shape index (κ3) is 58.7. The lowest BCUT2D eigenvalue weighted by Gasteiger charge is -2.41. The van der Waals surface area contributed by atoms with E-state index in [2.05, 4.69) is 35.5 Å². The Labute approximate surface area is 563 Å². The Morgan fingerprint density at radius 1 is 0.429 bits per heavy atom. The maximum absolute atomic E-state index is 13.3. The summed E-state index contributed by atoms with van der Waals surface area (Å²) in [7, 11) is -5.09. The van der Waals surface area contributed by atoms with Gasteiger partial charge in [-0.1, -0.05) is 392 Å². The summed E-state index contributed by atoms with van der Waals surface area (Å²) in [6.45, 7) is 3.54. The second-order valence-corrected chi connectivity index (χ2v) is 29.4. The number of aliphatic hydroxyl groups excluding tert-OH is 4. The molecule has 12 nitrogen and oxygen atoms in total. The summed E-state index contributed by atoms with van der Waals surface area (Å²) < 4.78 is 48.2. The largest absolute Gasteiger partial charge is 0.397 e. The first-order chi connectivity index (χ1) is 44.5. The predicted octanol–water partition coefficient (Wildman–Crippen LogP) is 22.0. The number of allylic oxidation sites excluding steroid dienone is 2. The lowest BCUT2D eigenvalue weighted by atomic mass is 9.99. The molecule has 0 spiro atoms. The van der Waals surface area contributed by atoms with Gasteiger partial charge in [-0.15, -0.1) is 0 Å². The second kappa shape index (κ2) is 67.4. The van der Waals surface area contributed by atoms with Crippen LogP contribution < -0.4 is 5.32 Å². The molecule has 0 aromatic rings. The Kier molecular flexibility index (Phi) is 65.1. The smallest absolute Gasteiger partial charge is 0.394 e. The maximum atomic E-state index is 13.3. The van der Waals surface area contributed by atoms with Crippen LogP contribution in [0.4, 0.5) is 0 Å². The minimum Gasteiger partial charge on any atom is -0.394 e. The maximum Gasteiger partial charge on any atom is 0.397 e. The summed E-state index contributed by atoms with van der Waals surface area (Å²) in [5, 5.41) is 45.4. The average molecular weight is 1310 g/mol. The zero-order valence-electron chi connectivity index (χ0n) is 60.0. The van der Waals surface area contributed by atoms with Crippen molar-refractivity contribution < 1.29 is 51.8 Å². The van der Waals surface area contributed by atoms with E-state index >= 15 is 0 Å². The van der Waals surface area contributed by atoms with Crippen LogP contribution in [0.25, 0.3) is 0 Å². The third-order valence-electron chi connectivity index (χ3n) is 19.6. The van der Waals surface area contributed by atoms with Crippen LogP contribution in [-0.2, 0) is 28.9 Å². The minimum atomic E-state index is -5.09. The lowest BCUT2D eigenvalue weighted by Crippen LogP contribution is -2.61. The first-order valence-corrected chi connectivity index (χ1v) is 41.4. The SMILES string of the molecule is CCCCCCCCCCCCCCCCCCCC/C=C\CCCCCCCCCCCCCCCCCCCC(=O)NC(COC1OC(CO)C(O)C(OS(=O)(=O)O)C1O)C(O)CCCCCCCCCCCCCCCCCCCCCCCCCCC. The highest BCUT2D eigenvalue weighted by Gasteiger charge is 2.48. The fraction of sp³-hybridized carbons (Fsp3) is 0.962. The molecule has 1 aliphatic rings. The normalized spacial score (nSPS) is 17.8. The fourth-order valence-electron chi connectivity index (χ4n) is 13.5. The van der Waals surface area contributed by atoms with Crippen molar-refractivity contribution in [2.45, 2.75) is 468 Å². The van der Waals surface area contributed by atoms with Crippen LogP contribution in [0.2, 0.25) is 0 Å². The number of rotatable bonds is 73. The number of aliphatic hydroxyl groups is 4. The monoisotopic (exact) mass is 1310 g/mol. The number of ether oxygens (including phenoxy) is 2. The van der Waals surface area contributed by atoms with E-state index in [1.807, 2.05) is 0 Å². The minimum absolute atomic E-state index is 0.219. The van der Waals surface area contributed by atoms with Gasteiger partial charge in [-0.2, -0.15) is 8.42 Å². The van der Waals surface area contributed by atoms with Crippen molar-refractivity contribution >= 4 is 16.3 Å². The molecule has 13 heteroatoms. The molecule has 0 aromatic carbocycles. The number of hydrogen-bond donors (Lipinski definition) is 6. The Balaban J connectivity index is 2.14. The van der Waals surface area contributed by atoms with Crippen LogP contribution in [-0.4, -0.2) is 95.4 Å². The van der Waals surface area contributed by atoms with Crippen molar-refractivity contribution in [2.24, 2.45) is 0 Å². The topological polar surface area (TPSA) is 192 Å². The standard InChI is InChI=1S/C78H153NO11S/c1-3-5-7-9-11-13-15-17-19-21-23-25-27-29-30-31-32-33-34-35-36-37-38-39-40-41-42-44-46-48-50-52-54-56-58-60-62-64-66-68-74(82)79-71(70-88-78-76(84)77(90-91(85,86)87)75(83)73(69-80)89-78)72(81)67-65-63-61-59-57-55-53-51-49-47-45-43-28-26-24-22-20-18-16-14-12-10-8-6-4-2/h35-36,71-73,75-78,80-81,83-84H,3-34,37-70H2,1-2H3,(H,79,82)(H,85,86,87)/b36-35-. The summed E-state index contributed by atoms with van der Waals surface area (Å²) in [5.41, 5.74) is 0. The van der Waals surface area contributed by atoms with Gasteiger partial charge in [0.05, 0.1) is 25.4 Å². The molecule has 91 heavy (non-hydrogen) atoms. The number of hydrogen-bond acceptors (Lipinski definition) is 10. The molecule has 7 atom stereocenters. The highest BCUT2D eigenvalue weighted by molar-refractivity contribution is 7.80. The summed E-state index contributed by atoms with van der Waals surface area (Å²) in [6, 6.07) is -0.858. The quantitative estimate of drug-likeness (QED) is 0.0193. The van der Waals surface area contributed by atoms with Crippen molar-refractivity contribution in [2.75, 3.05) is 13.2 Å². The van der Waals surface area contributed by atoms with E-state index in [1.165, 1.54) is 347 Å². The van der Waals surface area contributed by atoms with E-state index < -0.39 is 59.9 Å². The molecule has 6 N–H and O–H groups in total. The molecule has 1 saturated heterocycles. The first-order valence-electron chi connectivity index (χ1n) is 40.1. The second-order valence-electron chi connectivity index (χ2n) is 28.4. The summed E-state index contributed by atoms with van der Waals surface area (Å²) in [4.78, 5) is 13.3. The molecular formula is C78H153NO11S. The molecule has 1 amide bonds. The van der Waals surface area contributed by atoms with E-state index in [0.29, 0.717) is 12.8 Å².